The molecule has 0 atom stereocenters. The van der Waals surface area contributed by atoms with Gasteiger partial charge in [0.05, 0.1) is 0 Å². The van der Waals surface area contributed by atoms with Crippen molar-refractivity contribution in [3.05, 3.63) is 64.1 Å². The number of fused-ring (bicyclic) bond motifs is 1. The molecular weight excluding hydrogens is 390 g/mol. The second-order valence-corrected chi connectivity index (χ2v) is 6.91. The van der Waals surface area contributed by atoms with E-state index in [1.165, 1.54) is 11.3 Å². The van der Waals surface area contributed by atoms with Crippen molar-refractivity contribution in [2.75, 3.05) is 13.4 Å². The lowest BCUT2D eigenvalue weighted by Gasteiger charge is -2.04. The summed E-state index contributed by atoms with van der Waals surface area (Å²) in [7, 11) is 0. The Morgan fingerprint density at radius 3 is 2.85 bits per heavy atom. The molecule has 1 aliphatic heterocycles. The molecular formula is C19H12ClNO5S. The third kappa shape index (κ3) is 3.79. The Hall–Kier alpha value is -2.90. The fourth-order valence-corrected chi connectivity index (χ4v) is 3.46. The SMILES string of the molecule is O=C(COC(=O)c1csc(-c2cccc(Cl)c2)n1)c1ccc2c(c1)OCO2. The molecule has 0 unspecified atom stereocenters. The molecule has 6 nitrogen and oxygen atoms in total. The first-order chi connectivity index (χ1) is 13.1. The minimum atomic E-state index is -0.659. The molecule has 27 heavy (non-hydrogen) atoms. The Kier molecular flexibility index (Phi) is 4.79. The summed E-state index contributed by atoms with van der Waals surface area (Å²) in [6.07, 6.45) is 0. The van der Waals surface area contributed by atoms with Crippen molar-refractivity contribution in [3.8, 4) is 22.1 Å². The van der Waals surface area contributed by atoms with Crippen molar-refractivity contribution in [1.29, 1.82) is 0 Å². The molecule has 0 aliphatic carbocycles. The minimum absolute atomic E-state index is 0.126. The lowest BCUT2D eigenvalue weighted by Crippen LogP contribution is -2.14. The highest BCUT2D eigenvalue weighted by molar-refractivity contribution is 7.13. The third-order valence-electron chi connectivity index (χ3n) is 3.81. The molecule has 0 spiro atoms. The number of Topliss-reactive ketones (excluding diaryl/α,β-unsaturated/α-hetero) is 1. The zero-order valence-corrected chi connectivity index (χ0v) is 15.4. The van der Waals surface area contributed by atoms with E-state index in [2.05, 4.69) is 4.98 Å². The molecule has 4 rings (SSSR count). The molecule has 0 saturated heterocycles. The van der Waals surface area contributed by atoms with Crippen molar-refractivity contribution in [3.63, 3.8) is 0 Å². The Morgan fingerprint density at radius 1 is 1.15 bits per heavy atom. The number of aromatic nitrogens is 1. The van der Waals surface area contributed by atoms with E-state index in [9.17, 15) is 9.59 Å². The van der Waals surface area contributed by atoms with Gasteiger partial charge in [-0.1, -0.05) is 23.7 Å². The summed E-state index contributed by atoms with van der Waals surface area (Å²) in [6, 6.07) is 12.0. The van der Waals surface area contributed by atoms with Crippen molar-refractivity contribution in [2.45, 2.75) is 0 Å². The van der Waals surface area contributed by atoms with E-state index in [-0.39, 0.29) is 24.9 Å². The summed E-state index contributed by atoms with van der Waals surface area (Å²) >= 11 is 7.27. The summed E-state index contributed by atoms with van der Waals surface area (Å²) in [5.74, 6) is 0.0815. The van der Waals surface area contributed by atoms with Crippen molar-refractivity contribution in [1.82, 2.24) is 4.98 Å². The van der Waals surface area contributed by atoms with Crippen LogP contribution in [0.1, 0.15) is 20.8 Å². The van der Waals surface area contributed by atoms with Gasteiger partial charge in [0.15, 0.2) is 29.6 Å². The standard InChI is InChI=1S/C19H12ClNO5S/c20-13-3-1-2-12(6-13)18-21-14(9-27-18)19(23)24-8-15(22)11-4-5-16-17(7-11)26-10-25-16/h1-7,9H,8,10H2. The quantitative estimate of drug-likeness (QED) is 0.470. The Labute approximate surface area is 163 Å². The molecule has 1 aliphatic rings. The predicted octanol–water partition coefficient (Wildman–Crippen LogP) is 4.23. The molecule has 2 heterocycles. The number of carbonyl (C=O) groups excluding carboxylic acids is 2. The van der Waals surface area contributed by atoms with Gasteiger partial charge in [-0.3, -0.25) is 4.79 Å². The van der Waals surface area contributed by atoms with E-state index in [1.54, 1.807) is 41.8 Å². The second-order valence-electron chi connectivity index (χ2n) is 5.62. The van der Waals surface area contributed by atoms with Gasteiger partial charge in [-0.05, 0) is 30.3 Å². The number of benzene rings is 2. The number of rotatable bonds is 5. The van der Waals surface area contributed by atoms with Crippen LogP contribution >= 0.6 is 22.9 Å². The summed E-state index contributed by atoms with van der Waals surface area (Å²) < 4.78 is 15.5. The Balaban J connectivity index is 1.40. The largest absolute Gasteiger partial charge is 0.454 e. The van der Waals surface area contributed by atoms with Crippen LogP contribution in [0.25, 0.3) is 10.6 Å². The zero-order valence-electron chi connectivity index (χ0n) is 13.8. The third-order valence-corrected chi connectivity index (χ3v) is 4.94. The number of hydrogen-bond donors (Lipinski definition) is 0. The van der Waals surface area contributed by atoms with Crippen LogP contribution in [0.4, 0.5) is 0 Å². The molecule has 0 amide bonds. The number of thiazole rings is 1. The summed E-state index contributed by atoms with van der Waals surface area (Å²) in [4.78, 5) is 28.7. The summed E-state index contributed by atoms with van der Waals surface area (Å²) in [5, 5.41) is 2.82. The zero-order chi connectivity index (χ0) is 18.8. The summed E-state index contributed by atoms with van der Waals surface area (Å²) in [5.41, 5.74) is 1.33. The molecule has 1 aromatic heterocycles. The van der Waals surface area contributed by atoms with Gasteiger partial charge in [-0.15, -0.1) is 11.3 Å². The highest BCUT2D eigenvalue weighted by Gasteiger charge is 2.19. The normalized spacial score (nSPS) is 12.0. The van der Waals surface area contributed by atoms with Crippen molar-refractivity contribution >= 4 is 34.7 Å². The van der Waals surface area contributed by atoms with Gasteiger partial charge in [0.1, 0.15) is 5.01 Å². The number of ketones is 1. The topological polar surface area (TPSA) is 74.7 Å². The lowest BCUT2D eigenvalue weighted by molar-refractivity contribution is 0.0470. The van der Waals surface area contributed by atoms with Crippen LogP contribution in [0.3, 0.4) is 0 Å². The first kappa shape index (κ1) is 17.5. The molecule has 0 bridgehead atoms. The van der Waals surface area contributed by atoms with E-state index in [1.807, 2.05) is 6.07 Å². The number of hydrogen-bond acceptors (Lipinski definition) is 7. The van der Waals surface area contributed by atoms with E-state index < -0.39 is 5.97 Å². The lowest BCUT2D eigenvalue weighted by atomic mass is 10.1. The summed E-state index contributed by atoms with van der Waals surface area (Å²) in [6.45, 7) is -0.261. The highest BCUT2D eigenvalue weighted by Crippen LogP contribution is 2.32. The van der Waals surface area contributed by atoms with Gasteiger partial charge in [0.2, 0.25) is 6.79 Å². The average Bonchev–Trinajstić information content (AvgIpc) is 3.34. The van der Waals surface area contributed by atoms with Gasteiger partial charge in [0.25, 0.3) is 0 Å². The van der Waals surface area contributed by atoms with Gasteiger partial charge in [-0.25, -0.2) is 9.78 Å². The maximum atomic E-state index is 12.2. The minimum Gasteiger partial charge on any atom is -0.454 e. The van der Waals surface area contributed by atoms with Crippen molar-refractivity contribution in [2.24, 2.45) is 0 Å². The van der Waals surface area contributed by atoms with Gasteiger partial charge >= 0.3 is 5.97 Å². The predicted molar refractivity (Wildman–Crippen MR) is 99.7 cm³/mol. The van der Waals surface area contributed by atoms with Crippen LogP contribution in [0, 0.1) is 0 Å². The van der Waals surface area contributed by atoms with E-state index >= 15 is 0 Å². The Bertz CT molecular complexity index is 1030. The van der Waals surface area contributed by atoms with E-state index in [4.69, 9.17) is 25.8 Å². The van der Waals surface area contributed by atoms with E-state index in [0.717, 1.165) is 5.56 Å². The first-order valence-electron chi connectivity index (χ1n) is 7.91. The smallest absolute Gasteiger partial charge is 0.358 e. The van der Waals surface area contributed by atoms with Crippen molar-refractivity contribution < 1.29 is 23.8 Å². The highest BCUT2D eigenvalue weighted by atomic mass is 35.5. The maximum absolute atomic E-state index is 12.2. The number of nitrogens with zero attached hydrogens (tertiary/aromatic N) is 1. The van der Waals surface area contributed by atoms with Crippen LogP contribution in [-0.4, -0.2) is 30.1 Å². The van der Waals surface area contributed by atoms with Crippen LogP contribution in [0.2, 0.25) is 5.02 Å². The van der Waals surface area contributed by atoms with Gasteiger partial charge < -0.3 is 14.2 Å². The molecule has 0 radical (unpaired) electrons. The monoisotopic (exact) mass is 401 g/mol. The molecule has 3 aromatic rings. The molecule has 8 heteroatoms. The van der Waals surface area contributed by atoms with Crippen LogP contribution in [0.15, 0.2) is 47.8 Å². The fraction of sp³-hybridized carbons (Fsp3) is 0.105. The molecule has 0 N–H and O–H groups in total. The van der Waals surface area contributed by atoms with Crippen LogP contribution in [0.5, 0.6) is 11.5 Å². The second kappa shape index (κ2) is 7.38. The first-order valence-corrected chi connectivity index (χ1v) is 9.17. The number of ether oxygens (including phenoxy) is 3. The Morgan fingerprint density at radius 2 is 2.00 bits per heavy atom. The maximum Gasteiger partial charge on any atom is 0.358 e. The number of halogens is 1. The van der Waals surface area contributed by atoms with Crippen LogP contribution < -0.4 is 9.47 Å². The fourth-order valence-electron chi connectivity index (χ4n) is 2.48. The molecule has 0 fully saturated rings. The van der Waals surface area contributed by atoms with Gasteiger partial charge in [0, 0.05) is 21.5 Å². The molecule has 136 valence electrons. The number of esters is 1. The average molecular weight is 402 g/mol. The van der Waals surface area contributed by atoms with E-state index in [0.29, 0.717) is 27.1 Å². The molecule has 2 aromatic carbocycles. The van der Waals surface area contributed by atoms with Gasteiger partial charge in [-0.2, -0.15) is 0 Å². The van der Waals surface area contributed by atoms with Crippen LogP contribution in [-0.2, 0) is 4.74 Å². The molecule has 0 saturated carbocycles. The number of carbonyl (C=O) groups is 2.